The number of rotatable bonds is 13. The molecule has 1 aliphatic heterocycles. The predicted octanol–water partition coefficient (Wildman–Crippen LogP) is -1.63. The van der Waals surface area contributed by atoms with Crippen LogP contribution in [0.15, 0.2) is 0 Å². The molecule has 202 valence electrons. The van der Waals surface area contributed by atoms with Crippen molar-refractivity contribution in [1.82, 2.24) is 16.0 Å². The summed E-state index contributed by atoms with van der Waals surface area (Å²) in [6, 6.07) is -2.57. The summed E-state index contributed by atoms with van der Waals surface area (Å²) in [6.45, 7) is 4.29. The molecule has 0 aromatic rings. The zero-order valence-corrected chi connectivity index (χ0v) is 24.5. The van der Waals surface area contributed by atoms with E-state index in [9.17, 15) is 32.5 Å². The number of hydrogen-bond donors (Lipinski definition) is 4. The number of amides is 3. The van der Waals surface area contributed by atoms with Crippen LogP contribution in [0.4, 0.5) is 4.79 Å². The van der Waals surface area contributed by atoms with Crippen LogP contribution in [0.2, 0.25) is 0 Å². The van der Waals surface area contributed by atoms with Gasteiger partial charge in [0.2, 0.25) is 11.8 Å². The SMILES string of the molecule is CC(C)CC(NC(=O)OCCCC1CCCCC1)C(=O)NC(C[C@@H]1CCNC1=O)[C@@H](O)S(=O)(=O)[O-].[Na+]. The molecule has 2 rings (SSSR count). The topological polar surface area (TPSA) is 174 Å². The van der Waals surface area contributed by atoms with Gasteiger partial charge in [-0.1, -0.05) is 46.0 Å². The molecular weight excluding hydrogens is 501 g/mol. The zero-order valence-electron chi connectivity index (χ0n) is 21.7. The zero-order chi connectivity index (χ0) is 26.0. The number of aliphatic hydroxyl groups excluding tert-OH is 1. The van der Waals surface area contributed by atoms with Crippen LogP contribution >= 0.6 is 0 Å². The number of nitrogens with one attached hydrogen (secondary N) is 3. The fraction of sp³-hybridized carbons (Fsp3) is 0.870. The third-order valence-corrected chi connectivity index (χ3v) is 7.62. The van der Waals surface area contributed by atoms with Crippen molar-refractivity contribution in [3.05, 3.63) is 0 Å². The Morgan fingerprint density at radius 3 is 2.39 bits per heavy atom. The average molecular weight is 542 g/mol. The first kappa shape index (κ1) is 33.1. The summed E-state index contributed by atoms with van der Waals surface area (Å²) in [6.07, 6.45) is 7.52. The van der Waals surface area contributed by atoms with Gasteiger partial charge in [0.15, 0.2) is 5.44 Å². The van der Waals surface area contributed by atoms with Gasteiger partial charge in [-0.05, 0) is 43.9 Å². The third-order valence-electron chi connectivity index (χ3n) is 6.70. The Morgan fingerprint density at radius 1 is 1.17 bits per heavy atom. The van der Waals surface area contributed by atoms with Gasteiger partial charge < -0.3 is 30.3 Å². The molecule has 4 atom stereocenters. The van der Waals surface area contributed by atoms with Crippen LogP contribution in [0.1, 0.15) is 78.1 Å². The van der Waals surface area contributed by atoms with Gasteiger partial charge in [-0.2, -0.15) is 0 Å². The van der Waals surface area contributed by atoms with E-state index in [-0.39, 0.29) is 60.8 Å². The monoisotopic (exact) mass is 541 g/mol. The van der Waals surface area contributed by atoms with Crippen LogP contribution in [-0.4, -0.2) is 66.7 Å². The van der Waals surface area contributed by atoms with Gasteiger partial charge in [-0.3, -0.25) is 9.59 Å². The third kappa shape index (κ3) is 11.6. The Labute approximate surface area is 236 Å². The first-order valence-corrected chi connectivity index (χ1v) is 14.1. The van der Waals surface area contributed by atoms with Crippen LogP contribution < -0.4 is 45.5 Å². The molecule has 1 saturated heterocycles. The molecule has 0 bridgehead atoms. The first-order valence-electron chi connectivity index (χ1n) is 12.6. The molecule has 2 aliphatic rings. The number of hydrogen-bond acceptors (Lipinski definition) is 8. The van der Waals surface area contributed by atoms with Crippen LogP contribution in [0, 0.1) is 17.8 Å². The van der Waals surface area contributed by atoms with Crippen LogP contribution in [0.5, 0.6) is 0 Å². The molecule has 3 amide bonds. The minimum Gasteiger partial charge on any atom is -0.746 e. The molecule has 0 radical (unpaired) electrons. The maximum atomic E-state index is 13.0. The fourth-order valence-corrected chi connectivity index (χ4v) is 5.39. The summed E-state index contributed by atoms with van der Waals surface area (Å²) >= 11 is 0. The van der Waals surface area contributed by atoms with Crippen LogP contribution in [0.25, 0.3) is 0 Å². The molecule has 2 unspecified atom stereocenters. The quantitative estimate of drug-likeness (QED) is 0.122. The van der Waals surface area contributed by atoms with E-state index >= 15 is 0 Å². The molecule has 0 aromatic heterocycles. The summed E-state index contributed by atoms with van der Waals surface area (Å²) < 4.78 is 39.6. The van der Waals surface area contributed by atoms with Crippen LogP contribution in [0.3, 0.4) is 0 Å². The largest absolute Gasteiger partial charge is 1.00 e. The van der Waals surface area contributed by atoms with E-state index in [1.807, 2.05) is 13.8 Å². The molecule has 0 aromatic carbocycles. The van der Waals surface area contributed by atoms with E-state index in [1.54, 1.807) is 0 Å². The Bertz CT molecular complexity index is 820. The Kier molecular flexibility index (Phi) is 14.8. The van der Waals surface area contributed by atoms with Crippen molar-refractivity contribution in [3.8, 4) is 0 Å². The Balaban J connectivity index is 0.00000648. The van der Waals surface area contributed by atoms with Crippen molar-refractivity contribution in [2.24, 2.45) is 17.8 Å². The van der Waals surface area contributed by atoms with E-state index < -0.39 is 45.6 Å². The molecule has 11 nitrogen and oxygen atoms in total. The van der Waals surface area contributed by atoms with Gasteiger partial charge in [-0.15, -0.1) is 0 Å². The number of carbonyl (C=O) groups is 3. The molecular formula is C23H40N3NaO8S. The van der Waals surface area contributed by atoms with Crippen molar-refractivity contribution in [2.75, 3.05) is 13.2 Å². The average Bonchev–Trinajstić information content (AvgIpc) is 3.19. The molecule has 1 aliphatic carbocycles. The van der Waals surface area contributed by atoms with E-state index in [0.29, 0.717) is 18.9 Å². The van der Waals surface area contributed by atoms with Crippen molar-refractivity contribution >= 4 is 28.0 Å². The molecule has 13 heteroatoms. The Hall–Kier alpha value is -0.920. The van der Waals surface area contributed by atoms with Crippen LogP contribution in [-0.2, 0) is 24.4 Å². The Morgan fingerprint density at radius 2 is 1.83 bits per heavy atom. The molecule has 2 fully saturated rings. The van der Waals surface area contributed by atoms with Crippen molar-refractivity contribution in [2.45, 2.75) is 95.6 Å². The van der Waals surface area contributed by atoms with Gasteiger partial charge in [0, 0.05) is 12.5 Å². The van der Waals surface area contributed by atoms with Gasteiger partial charge in [0.25, 0.3) is 0 Å². The van der Waals surface area contributed by atoms with Gasteiger partial charge in [-0.25, -0.2) is 13.2 Å². The smallest absolute Gasteiger partial charge is 0.746 e. The minimum absolute atomic E-state index is 0. The number of alkyl carbamates (subject to hydrolysis) is 1. The molecule has 1 saturated carbocycles. The summed E-state index contributed by atoms with van der Waals surface area (Å²) in [7, 11) is -5.16. The summed E-state index contributed by atoms with van der Waals surface area (Å²) in [4.78, 5) is 37.2. The van der Waals surface area contributed by atoms with E-state index in [1.165, 1.54) is 32.1 Å². The van der Waals surface area contributed by atoms with Gasteiger partial charge in [0.1, 0.15) is 16.2 Å². The van der Waals surface area contributed by atoms with Gasteiger partial charge in [0.05, 0.1) is 12.6 Å². The second kappa shape index (κ2) is 16.1. The summed E-state index contributed by atoms with van der Waals surface area (Å²) in [5, 5.41) is 17.6. The second-order valence-electron chi connectivity index (χ2n) is 10.1. The van der Waals surface area contributed by atoms with Crippen molar-refractivity contribution in [1.29, 1.82) is 0 Å². The predicted molar refractivity (Wildman–Crippen MR) is 127 cm³/mol. The van der Waals surface area contributed by atoms with E-state index in [2.05, 4.69) is 16.0 Å². The van der Waals surface area contributed by atoms with Crippen molar-refractivity contribution in [3.63, 3.8) is 0 Å². The van der Waals surface area contributed by atoms with E-state index in [0.717, 1.165) is 12.8 Å². The fourth-order valence-electron chi connectivity index (χ4n) is 4.81. The molecule has 0 spiro atoms. The molecule has 1 heterocycles. The normalized spacial score (nSPS) is 21.1. The minimum atomic E-state index is -5.16. The number of ether oxygens (including phenoxy) is 1. The molecule has 36 heavy (non-hydrogen) atoms. The second-order valence-corrected chi connectivity index (χ2v) is 11.6. The maximum Gasteiger partial charge on any atom is 1.00 e. The number of carbonyl (C=O) groups excluding carboxylic acids is 3. The molecule has 4 N–H and O–H groups in total. The standard InChI is InChI=1S/C23H41N3O8S.Na/c1-15(2)13-18(26-23(30)34-12-6-9-16-7-4-3-5-8-16)21(28)25-19(22(29)35(31,32)33)14-17-10-11-24-20(17)27;/h15-19,22,29H,3-14H2,1-2H3,(H,24,27)(H,25,28)(H,26,30)(H,31,32,33);/q;+1/p-1/t17-,18?,19?,22-;/m0./s1. The van der Waals surface area contributed by atoms with Gasteiger partial charge >= 0.3 is 35.7 Å². The van der Waals surface area contributed by atoms with Crippen molar-refractivity contribution < 1.29 is 66.8 Å². The first-order chi connectivity index (χ1) is 16.5. The summed E-state index contributed by atoms with van der Waals surface area (Å²) in [5.41, 5.74) is -2.42. The van der Waals surface area contributed by atoms with E-state index in [4.69, 9.17) is 4.74 Å². The summed E-state index contributed by atoms with van der Waals surface area (Å²) in [5.74, 6) is -1.10. The number of aliphatic hydroxyl groups is 1. The maximum absolute atomic E-state index is 13.0.